The van der Waals surface area contributed by atoms with E-state index in [0.29, 0.717) is 11.3 Å². The molecule has 2 aromatic heterocycles. The molecule has 3 heteroatoms. The van der Waals surface area contributed by atoms with E-state index >= 15 is 0 Å². The molecule has 3 nitrogen and oxygen atoms in total. The second-order valence-electron chi connectivity index (χ2n) is 4.92. The first-order valence-corrected chi connectivity index (χ1v) is 6.48. The van der Waals surface area contributed by atoms with Crippen molar-refractivity contribution in [2.45, 2.75) is 13.8 Å². The van der Waals surface area contributed by atoms with E-state index in [-0.39, 0.29) is 5.78 Å². The van der Waals surface area contributed by atoms with Crippen molar-refractivity contribution in [3.05, 3.63) is 71.2 Å². The minimum atomic E-state index is -0.0826. The number of ketones is 1. The number of carbonyl (C=O) groups excluding carboxylic acids is 1. The number of hydrogen-bond donors (Lipinski definition) is 0. The van der Waals surface area contributed by atoms with Crippen molar-refractivity contribution >= 4 is 16.7 Å². The number of hydrogen-bond acceptors (Lipinski definition) is 3. The monoisotopic (exact) mass is 262 g/mol. The van der Waals surface area contributed by atoms with Crippen LogP contribution in [0.1, 0.15) is 27.2 Å². The summed E-state index contributed by atoms with van der Waals surface area (Å²) in [5.41, 5.74) is 3.90. The number of nitrogens with zero attached hydrogens (tertiary/aromatic N) is 2. The van der Waals surface area contributed by atoms with Gasteiger partial charge in [-0.2, -0.15) is 0 Å². The first kappa shape index (κ1) is 12.5. The molecule has 0 aliphatic carbocycles. The second-order valence-corrected chi connectivity index (χ2v) is 4.92. The molecule has 3 aromatic rings. The maximum atomic E-state index is 12.5. The van der Waals surface area contributed by atoms with Gasteiger partial charge < -0.3 is 0 Å². The van der Waals surface area contributed by atoms with E-state index in [1.165, 1.54) is 0 Å². The zero-order valence-electron chi connectivity index (χ0n) is 11.4. The number of benzene rings is 1. The zero-order chi connectivity index (χ0) is 14.1. The lowest BCUT2D eigenvalue weighted by atomic mass is 10.0. The first-order valence-electron chi connectivity index (χ1n) is 6.48. The Bertz CT molecular complexity index is 809. The molecule has 1 aromatic carbocycles. The quantitative estimate of drug-likeness (QED) is 0.664. The summed E-state index contributed by atoms with van der Waals surface area (Å²) in [6.45, 7) is 3.87. The zero-order valence-corrected chi connectivity index (χ0v) is 11.4. The molecule has 0 unspecified atom stereocenters. The van der Waals surface area contributed by atoms with Gasteiger partial charge in [-0.25, -0.2) is 0 Å². The van der Waals surface area contributed by atoms with Gasteiger partial charge in [0, 0.05) is 23.3 Å². The summed E-state index contributed by atoms with van der Waals surface area (Å²) in [4.78, 5) is 21.1. The van der Waals surface area contributed by atoms with Crippen LogP contribution < -0.4 is 0 Å². The topological polar surface area (TPSA) is 42.9 Å². The summed E-state index contributed by atoms with van der Waals surface area (Å²) >= 11 is 0. The van der Waals surface area contributed by atoms with E-state index in [2.05, 4.69) is 9.97 Å². The average Bonchev–Trinajstić information content (AvgIpc) is 2.46. The number of carbonyl (C=O) groups is 1. The van der Waals surface area contributed by atoms with Crippen LogP contribution in [0.4, 0.5) is 0 Å². The minimum Gasteiger partial charge on any atom is -0.287 e. The van der Waals surface area contributed by atoms with Crippen molar-refractivity contribution in [3.8, 4) is 0 Å². The Morgan fingerprint density at radius 3 is 2.60 bits per heavy atom. The van der Waals surface area contributed by atoms with Gasteiger partial charge in [0.05, 0.1) is 5.52 Å². The van der Waals surface area contributed by atoms with E-state index in [1.54, 1.807) is 12.4 Å². The molecule has 0 radical (unpaired) electrons. The van der Waals surface area contributed by atoms with Crippen LogP contribution in [-0.4, -0.2) is 15.8 Å². The average molecular weight is 262 g/mol. The van der Waals surface area contributed by atoms with Crippen molar-refractivity contribution in [1.82, 2.24) is 9.97 Å². The van der Waals surface area contributed by atoms with E-state index in [9.17, 15) is 4.79 Å². The number of pyridine rings is 2. The van der Waals surface area contributed by atoms with Gasteiger partial charge in [-0.3, -0.25) is 14.8 Å². The maximum Gasteiger partial charge on any atom is 0.213 e. The van der Waals surface area contributed by atoms with Gasteiger partial charge in [0.1, 0.15) is 5.69 Å². The standard InChI is InChI=1S/C17H14N2O/c1-11-7-12(2)16(19-9-11)17(20)14-8-13-5-3-4-6-15(13)18-10-14/h3-10H,1-2H3. The molecule has 3 rings (SSSR count). The van der Waals surface area contributed by atoms with E-state index < -0.39 is 0 Å². The summed E-state index contributed by atoms with van der Waals surface area (Å²) in [6.07, 6.45) is 3.33. The highest BCUT2D eigenvalue weighted by atomic mass is 16.1. The Kier molecular flexibility index (Phi) is 3.03. The maximum absolute atomic E-state index is 12.5. The highest BCUT2D eigenvalue weighted by Gasteiger charge is 2.14. The number of aromatic nitrogens is 2. The van der Waals surface area contributed by atoms with Gasteiger partial charge in [-0.05, 0) is 37.1 Å². The van der Waals surface area contributed by atoms with Crippen LogP contribution in [0.2, 0.25) is 0 Å². The summed E-state index contributed by atoms with van der Waals surface area (Å²) in [7, 11) is 0. The number of para-hydroxylation sites is 1. The second kappa shape index (κ2) is 4.85. The molecule has 20 heavy (non-hydrogen) atoms. The molecule has 2 heterocycles. The predicted molar refractivity (Wildman–Crippen MR) is 78.9 cm³/mol. The number of rotatable bonds is 2. The third-order valence-electron chi connectivity index (χ3n) is 3.28. The van der Waals surface area contributed by atoms with Gasteiger partial charge in [-0.15, -0.1) is 0 Å². The smallest absolute Gasteiger partial charge is 0.213 e. The number of fused-ring (bicyclic) bond motifs is 1. The van der Waals surface area contributed by atoms with Crippen molar-refractivity contribution in [1.29, 1.82) is 0 Å². The minimum absolute atomic E-state index is 0.0826. The third-order valence-corrected chi connectivity index (χ3v) is 3.28. The summed E-state index contributed by atoms with van der Waals surface area (Å²) in [6, 6.07) is 11.6. The van der Waals surface area contributed by atoms with Crippen LogP contribution in [-0.2, 0) is 0 Å². The lowest BCUT2D eigenvalue weighted by Gasteiger charge is -2.06. The van der Waals surface area contributed by atoms with Crippen molar-refractivity contribution < 1.29 is 4.79 Å². The van der Waals surface area contributed by atoms with Gasteiger partial charge in [0.15, 0.2) is 0 Å². The fourth-order valence-electron chi connectivity index (χ4n) is 2.28. The largest absolute Gasteiger partial charge is 0.287 e. The van der Waals surface area contributed by atoms with Crippen LogP contribution in [0.5, 0.6) is 0 Å². The van der Waals surface area contributed by atoms with Gasteiger partial charge in [-0.1, -0.05) is 24.3 Å². The van der Waals surface area contributed by atoms with Crippen LogP contribution in [0.3, 0.4) is 0 Å². The van der Waals surface area contributed by atoms with Crippen LogP contribution >= 0.6 is 0 Å². The molecule has 0 bridgehead atoms. The molecule has 0 aliphatic rings. The lowest BCUT2D eigenvalue weighted by molar-refractivity contribution is 0.103. The number of aryl methyl sites for hydroxylation is 2. The highest BCUT2D eigenvalue weighted by molar-refractivity contribution is 6.09. The fraction of sp³-hybridized carbons (Fsp3) is 0.118. The van der Waals surface area contributed by atoms with E-state index in [0.717, 1.165) is 22.0 Å². The first-order chi connectivity index (χ1) is 9.65. The molecule has 0 fully saturated rings. The molecule has 0 spiro atoms. The summed E-state index contributed by atoms with van der Waals surface area (Å²) in [5.74, 6) is -0.0826. The van der Waals surface area contributed by atoms with E-state index in [1.807, 2.05) is 50.2 Å². The molecular formula is C17H14N2O. The normalized spacial score (nSPS) is 10.7. The van der Waals surface area contributed by atoms with Gasteiger partial charge >= 0.3 is 0 Å². The molecule has 0 amide bonds. The third kappa shape index (κ3) is 2.18. The summed E-state index contributed by atoms with van der Waals surface area (Å²) < 4.78 is 0. The van der Waals surface area contributed by atoms with Gasteiger partial charge in [0.2, 0.25) is 5.78 Å². The SMILES string of the molecule is Cc1cnc(C(=O)c2cnc3ccccc3c2)c(C)c1. The van der Waals surface area contributed by atoms with Crippen molar-refractivity contribution in [3.63, 3.8) is 0 Å². The van der Waals surface area contributed by atoms with Crippen LogP contribution in [0.15, 0.2) is 48.8 Å². The predicted octanol–water partition coefficient (Wildman–Crippen LogP) is 3.48. The Morgan fingerprint density at radius 1 is 1.00 bits per heavy atom. The molecule has 98 valence electrons. The highest BCUT2D eigenvalue weighted by Crippen LogP contribution is 2.17. The van der Waals surface area contributed by atoms with Crippen LogP contribution in [0.25, 0.3) is 10.9 Å². The summed E-state index contributed by atoms with van der Waals surface area (Å²) in [5, 5.41) is 0.961. The fourth-order valence-corrected chi connectivity index (χ4v) is 2.28. The Balaban J connectivity index is 2.08. The Morgan fingerprint density at radius 2 is 1.80 bits per heavy atom. The van der Waals surface area contributed by atoms with E-state index in [4.69, 9.17) is 0 Å². The van der Waals surface area contributed by atoms with Crippen LogP contribution in [0, 0.1) is 13.8 Å². The van der Waals surface area contributed by atoms with Crippen molar-refractivity contribution in [2.75, 3.05) is 0 Å². The molecule has 0 aliphatic heterocycles. The molecule has 0 saturated carbocycles. The molecule has 0 N–H and O–H groups in total. The molecule has 0 atom stereocenters. The molecular weight excluding hydrogens is 248 g/mol. The Hall–Kier alpha value is -2.55. The van der Waals surface area contributed by atoms with Gasteiger partial charge in [0.25, 0.3) is 0 Å². The van der Waals surface area contributed by atoms with Crippen molar-refractivity contribution in [2.24, 2.45) is 0 Å². The molecule has 0 saturated heterocycles. The lowest BCUT2D eigenvalue weighted by Crippen LogP contribution is -2.07. The Labute approximate surface area is 117 Å².